The topological polar surface area (TPSA) is 27.0 Å². The van der Waals surface area contributed by atoms with Gasteiger partial charge >= 0.3 is 0 Å². The molecule has 0 amide bonds. The Hall–Kier alpha value is -0.550. The van der Waals surface area contributed by atoms with Gasteiger partial charge in [-0.3, -0.25) is 0 Å². The van der Waals surface area contributed by atoms with E-state index in [1.165, 1.54) is 51.7 Å². The Bertz CT molecular complexity index is 152. The highest BCUT2D eigenvalue weighted by Gasteiger charge is 2.02. The molecule has 15 heavy (non-hydrogen) atoms. The molecule has 2 nitrogen and oxygen atoms in total. The van der Waals surface area contributed by atoms with Crippen LogP contribution in [0.4, 0.5) is 0 Å². The standard InChI is InChI=1S/C13H26N2/c1-3-5-11-15(12-6-4-2)13-9-7-8-10-14/h3-9,11-13H2,1-2H3. The lowest BCUT2D eigenvalue weighted by atomic mass is 10.2. The largest absolute Gasteiger partial charge is 0.303 e. The van der Waals surface area contributed by atoms with Gasteiger partial charge in [0.25, 0.3) is 0 Å². The SMILES string of the molecule is CCCCN(CCCC)CCCCC#N. The average molecular weight is 210 g/mol. The minimum Gasteiger partial charge on any atom is -0.303 e. The maximum Gasteiger partial charge on any atom is 0.0621 e. The van der Waals surface area contributed by atoms with Gasteiger partial charge in [-0.25, -0.2) is 0 Å². The van der Waals surface area contributed by atoms with E-state index >= 15 is 0 Å². The fourth-order valence-corrected chi connectivity index (χ4v) is 1.64. The zero-order valence-corrected chi connectivity index (χ0v) is 10.5. The zero-order chi connectivity index (χ0) is 11.4. The van der Waals surface area contributed by atoms with Crippen molar-refractivity contribution in [3.8, 4) is 6.07 Å². The van der Waals surface area contributed by atoms with E-state index in [0.717, 1.165) is 12.8 Å². The Morgan fingerprint density at radius 3 is 1.87 bits per heavy atom. The summed E-state index contributed by atoms with van der Waals surface area (Å²) in [5, 5.41) is 8.45. The normalized spacial score (nSPS) is 10.5. The molecule has 0 unspecified atom stereocenters. The molecule has 0 saturated heterocycles. The molecule has 0 fully saturated rings. The first kappa shape index (κ1) is 14.5. The van der Waals surface area contributed by atoms with Crippen molar-refractivity contribution < 1.29 is 0 Å². The van der Waals surface area contributed by atoms with Crippen molar-refractivity contribution in [3.63, 3.8) is 0 Å². The second kappa shape index (κ2) is 11.5. The van der Waals surface area contributed by atoms with Crippen molar-refractivity contribution in [1.29, 1.82) is 5.26 Å². The first-order valence-electron chi connectivity index (χ1n) is 6.44. The fourth-order valence-electron chi connectivity index (χ4n) is 1.64. The van der Waals surface area contributed by atoms with Crippen LogP contribution in [0.3, 0.4) is 0 Å². The number of hydrogen-bond acceptors (Lipinski definition) is 2. The molecule has 0 atom stereocenters. The van der Waals surface area contributed by atoms with Gasteiger partial charge in [0.15, 0.2) is 0 Å². The molecule has 0 aromatic rings. The summed E-state index contributed by atoms with van der Waals surface area (Å²) in [5.74, 6) is 0. The molecule has 0 aliphatic rings. The Labute approximate surface area is 95.3 Å². The summed E-state index contributed by atoms with van der Waals surface area (Å²) in [5.41, 5.74) is 0. The van der Waals surface area contributed by atoms with Gasteiger partial charge in [-0.05, 0) is 45.3 Å². The van der Waals surface area contributed by atoms with Crippen LogP contribution in [0.15, 0.2) is 0 Å². The molecule has 0 aliphatic heterocycles. The second-order valence-corrected chi connectivity index (χ2v) is 4.16. The van der Waals surface area contributed by atoms with Gasteiger partial charge in [0, 0.05) is 6.42 Å². The summed E-state index contributed by atoms with van der Waals surface area (Å²) in [4.78, 5) is 2.56. The Morgan fingerprint density at radius 2 is 1.40 bits per heavy atom. The van der Waals surface area contributed by atoms with E-state index in [9.17, 15) is 0 Å². The molecule has 0 bridgehead atoms. The van der Waals surface area contributed by atoms with Crippen LogP contribution < -0.4 is 0 Å². The summed E-state index contributed by atoms with van der Waals surface area (Å²) in [6, 6.07) is 2.21. The smallest absolute Gasteiger partial charge is 0.0621 e. The molecule has 2 heteroatoms. The highest BCUT2D eigenvalue weighted by Crippen LogP contribution is 2.03. The summed E-state index contributed by atoms with van der Waals surface area (Å²) >= 11 is 0. The van der Waals surface area contributed by atoms with Crippen LogP contribution in [0.2, 0.25) is 0 Å². The van der Waals surface area contributed by atoms with Crippen molar-refractivity contribution >= 4 is 0 Å². The minimum atomic E-state index is 0.718. The summed E-state index contributed by atoms with van der Waals surface area (Å²) in [6.45, 7) is 8.15. The number of hydrogen-bond donors (Lipinski definition) is 0. The number of unbranched alkanes of at least 4 members (excludes halogenated alkanes) is 4. The summed E-state index contributed by atoms with van der Waals surface area (Å²) in [6.07, 6.45) is 8.13. The van der Waals surface area contributed by atoms with Gasteiger partial charge in [-0.2, -0.15) is 5.26 Å². The minimum absolute atomic E-state index is 0.718. The number of nitriles is 1. The third-order valence-corrected chi connectivity index (χ3v) is 2.67. The molecule has 0 rings (SSSR count). The Balaban J connectivity index is 3.55. The van der Waals surface area contributed by atoms with Crippen molar-refractivity contribution in [2.75, 3.05) is 19.6 Å². The summed E-state index contributed by atoms with van der Waals surface area (Å²) < 4.78 is 0. The quantitative estimate of drug-likeness (QED) is 0.515. The predicted octanol–water partition coefficient (Wildman–Crippen LogP) is 3.58. The molecule has 0 radical (unpaired) electrons. The van der Waals surface area contributed by atoms with Crippen LogP contribution in [0.5, 0.6) is 0 Å². The van der Waals surface area contributed by atoms with Gasteiger partial charge < -0.3 is 4.90 Å². The van der Waals surface area contributed by atoms with E-state index in [1.807, 2.05) is 0 Å². The third kappa shape index (κ3) is 9.75. The van der Waals surface area contributed by atoms with Crippen LogP contribution in [0, 0.1) is 11.3 Å². The van der Waals surface area contributed by atoms with E-state index < -0.39 is 0 Å². The monoisotopic (exact) mass is 210 g/mol. The Kier molecular flexibility index (Phi) is 11.1. The zero-order valence-electron chi connectivity index (χ0n) is 10.5. The molecule has 0 spiro atoms. The van der Waals surface area contributed by atoms with Crippen LogP contribution in [-0.4, -0.2) is 24.5 Å². The van der Waals surface area contributed by atoms with Gasteiger partial charge in [0.2, 0.25) is 0 Å². The molecule has 0 aromatic heterocycles. The van der Waals surface area contributed by atoms with Crippen molar-refractivity contribution in [3.05, 3.63) is 0 Å². The summed E-state index contributed by atoms with van der Waals surface area (Å²) in [7, 11) is 0. The van der Waals surface area contributed by atoms with Crippen LogP contribution in [0.25, 0.3) is 0 Å². The molecular formula is C13H26N2. The van der Waals surface area contributed by atoms with Crippen molar-refractivity contribution in [1.82, 2.24) is 4.90 Å². The maximum absolute atomic E-state index is 8.45. The highest BCUT2D eigenvalue weighted by molar-refractivity contribution is 4.69. The van der Waals surface area contributed by atoms with Crippen LogP contribution >= 0.6 is 0 Å². The molecule has 0 N–H and O–H groups in total. The first-order valence-corrected chi connectivity index (χ1v) is 6.44. The lowest BCUT2D eigenvalue weighted by Gasteiger charge is -2.21. The molecule has 0 heterocycles. The van der Waals surface area contributed by atoms with Gasteiger partial charge in [-0.1, -0.05) is 26.7 Å². The molecule has 0 aliphatic carbocycles. The van der Waals surface area contributed by atoms with Gasteiger partial charge in [0.05, 0.1) is 6.07 Å². The van der Waals surface area contributed by atoms with Crippen molar-refractivity contribution in [2.45, 2.75) is 58.8 Å². The van der Waals surface area contributed by atoms with E-state index in [0.29, 0.717) is 0 Å². The molecule has 0 aromatic carbocycles. The fraction of sp³-hybridized carbons (Fsp3) is 0.923. The van der Waals surface area contributed by atoms with E-state index in [1.54, 1.807) is 0 Å². The Morgan fingerprint density at radius 1 is 0.867 bits per heavy atom. The average Bonchev–Trinajstić information content (AvgIpc) is 2.27. The molecule has 88 valence electrons. The van der Waals surface area contributed by atoms with E-state index in [2.05, 4.69) is 24.8 Å². The van der Waals surface area contributed by atoms with Crippen LogP contribution in [0.1, 0.15) is 58.8 Å². The molecule has 0 saturated carbocycles. The van der Waals surface area contributed by atoms with E-state index in [-0.39, 0.29) is 0 Å². The van der Waals surface area contributed by atoms with Crippen molar-refractivity contribution in [2.24, 2.45) is 0 Å². The van der Waals surface area contributed by atoms with Gasteiger partial charge in [0.1, 0.15) is 0 Å². The number of nitrogens with zero attached hydrogens (tertiary/aromatic N) is 2. The third-order valence-electron chi connectivity index (χ3n) is 2.67. The second-order valence-electron chi connectivity index (χ2n) is 4.16. The molecular weight excluding hydrogens is 184 g/mol. The number of rotatable bonds is 10. The maximum atomic E-state index is 8.45. The first-order chi connectivity index (χ1) is 7.35. The lowest BCUT2D eigenvalue weighted by molar-refractivity contribution is 0.260. The predicted molar refractivity (Wildman–Crippen MR) is 65.7 cm³/mol. The lowest BCUT2D eigenvalue weighted by Crippen LogP contribution is -2.27. The van der Waals surface area contributed by atoms with Gasteiger partial charge in [-0.15, -0.1) is 0 Å². The van der Waals surface area contributed by atoms with Crippen LogP contribution in [-0.2, 0) is 0 Å². The van der Waals surface area contributed by atoms with E-state index in [4.69, 9.17) is 5.26 Å². The highest BCUT2D eigenvalue weighted by atomic mass is 15.1.